The summed E-state index contributed by atoms with van der Waals surface area (Å²) in [5.41, 5.74) is 0.776. The van der Waals surface area contributed by atoms with Crippen molar-refractivity contribution in [2.24, 2.45) is 0 Å². The Balaban J connectivity index is 2.39. The van der Waals surface area contributed by atoms with Crippen molar-refractivity contribution in [1.29, 1.82) is 0 Å². The summed E-state index contributed by atoms with van der Waals surface area (Å²) in [4.78, 5) is 49.7. The van der Waals surface area contributed by atoms with Crippen molar-refractivity contribution in [1.82, 2.24) is 20.4 Å². The van der Waals surface area contributed by atoms with E-state index in [1.54, 1.807) is 13.8 Å². The van der Waals surface area contributed by atoms with Gasteiger partial charge in [-0.2, -0.15) is 0 Å². The van der Waals surface area contributed by atoms with Gasteiger partial charge in [0.15, 0.2) is 0 Å². The van der Waals surface area contributed by atoms with Crippen LogP contribution in [0.15, 0.2) is 24.3 Å². The molecular formula is C16H24N4O4. The van der Waals surface area contributed by atoms with Crippen molar-refractivity contribution in [2.45, 2.75) is 13.8 Å². The number of rotatable bonds is 8. The van der Waals surface area contributed by atoms with Gasteiger partial charge in [0.05, 0.1) is 0 Å². The predicted molar refractivity (Wildman–Crippen MR) is 88.8 cm³/mol. The molecule has 0 aromatic rings. The van der Waals surface area contributed by atoms with Gasteiger partial charge in [-0.15, -0.1) is 0 Å². The van der Waals surface area contributed by atoms with E-state index in [1.807, 2.05) is 0 Å². The first-order valence-corrected chi connectivity index (χ1v) is 7.69. The van der Waals surface area contributed by atoms with E-state index in [-0.39, 0.29) is 38.0 Å². The second-order valence-corrected chi connectivity index (χ2v) is 5.66. The monoisotopic (exact) mass is 336 g/mol. The summed E-state index contributed by atoms with van der Waals surface area (Å²) in [5, 5.41) is 5.24. The number of piperazine rings is 1. The first kappa shape index (κ1) is 19.4. The van der Waals surface area contributed by atoms with Crippen molar-refractivity contribution in [3.05, 3.63) is 24.3 Å². The molecule has 0 aromatic heterocycles. The fourth-order valence-corrected chi connectivity index (χ4v) is 2.05. The molecule has 132 valence electrons. The van der Waals surface area contributed by atoms with Gasteiger partial charge >= 0.3 is 11.8 Å². The fourth-order valence-electron chi connectivity index (χ4n) is 2.05. The molecule has 0 saturated carbocycles. The van der Waals surface area contributed by atoms with Gasteiger partial charge < -0.3 is 20.4 Å². The lowest BCUT2D eigenvalue weighted by Crippen LogP contribution is -2.56. The minimum absolute atomic E-state index is 0.263. The van der Waals surface area contributed by atoms with Crippen LogP contribution in [0.5, 0.6) is 0 Å². The van der Waals surface area contributed by atoms with Crippen LogP contribution in [0.3, 0.4) is 0 Å². The van der Waals surface area contributed by atoms with Crippen LogP contribution in [-0.4, -0.2) is 72.7 Å². The maximum absolute atomic E-state index is 12.1. The van der Waals surface area contributed by atoms with Crippen LogP contribution in [-0.2, 0) is 19.2 Å². The van der Waals surface area contributed by atoms with Gasteiger partial charge in [-0.25, -0.2) is 0 Å². The van der Waals surface area contributed by atoms with E-state index in [2.05, 4.69) is 23.8 Å². The smallest absolute Gasteiger partial charge is 0.312 e. The molecule has 0 unspecified atom stereocenters. The average Bonchev–Trinajstić information content (AvgIpc) is 2.52. The Morgan fingerprint density at radius 2 is 1.21 bits per heavy atom. The zero-order valence-electron chi connectivity index (χ0n) is 14.2. The normalized spacial score (nSPS) is 14.4. The van der Waals surface area contributed by atoms with Gasteiger partial charge in [0.1, 0.15) is 0 Å². The molecule has 0 bridgehead atoms. The van der Waals surface area contributed by atoms with Crippen LogP contribution in [0, 0.1) is 0 Å². The molecule has 0 atom stereocenters. The quantitative estimate of drug-likeness (QED) is 0.441. The molecule has 8 nitrogen and oxygen atoms in total. The summed E-state index contributed by atoms with van der Waals surface area (Å²) in [6, 6.07) is 0. The highest BCUT2D eigenvalue weighted by Gasteiger charge is 2.31. The molecule has 1 aliphatic rings. The van der Waals surface area contributed by atoms with Gasteiger partial charge in [-0.05, 0) is 13.8 Å². The third-order valence-corrected chi connectivity index (χ3v) is 3.51. The molecule has 1 saturated heterocycles. The summed E-state index contributed by atoms with van der Waals surface area (Å²) in [5.74, 6) is -1.75. The Kier molecular flexibility index (Phi) is 7.16. The molecule has 8 heteroatoms. The summed E-state index contributed by atoms with van der Waals surface area (Å²) in [6.07, 6.45) is 0. The number of carbonyl (C=O) groups is 4. The lowest BCUT2D eigenvalue weighted by atomic mass is 10.2. The number of hydrogen-bond acceptors (Lipinski definition) is 4. The molecule has 4 amide bonds. The van der Waals surface area contributed by atoms with Gasteiger partial charge in [0.25, 0.3) is 0 Å². The van der Waals surface area contributed by atoms with E-state index in [1.165, 1.54) is 9.80 Å². The topological polar surface area (TPSA) is 98.8 Å². The zero-order valence-corrected chi connectivity index (χ0v) is 14.2. The van der Waals surface area contributed by atoms with E-state index in [0.29, 0.717) is 24.2 Å². The van der Waals surface area contributed by atoms with E-state index in [4.69, 9.17) is 0 Å². The number of amides is 4. The number of nitrogens with zero attached hydrogens (tertiary/aromatic N) is 2. The van der Waals surface area contributed by atoms with E-state index >= 15 is 0 Å². The second kappa shape index (κ2) is 8.85. The molecule has 1 rings (SSSR count). The standard InChI is InChI=1S/C16H24N4O4/c1-11(2)13(21)17-5-7-19-9-10-20(16(24)15(19)23)8-6-18-14(22)12(3)4/h1,3,5-10H2,2,4H3,(H,17,21)(H,18,22). The van der Waals surface area contributed by atoms with E-state index < -0.39 is 11.8 Å². The van der Waals surface area contributed by atoms with Crippen LogP contribution in [0.25, 0.3) is 0 Å². The molecule has 24 heavy (non-hydrogen) atoms. The number of nitrogens with one attached hydrogen (secondary N) is 2. The Bertz CT molecular complexity index is 520. The molecule has 1 fully saturated rings. The van der Waals surface area contributed by atoms with Crippen LogP contribution in [0.4, 0.5) is 0 Å². The third kappa shape index (κ3) is 5.53. The molecule has 1 heterocycles. The summed E-state index contributed by atoms with van der Waals surface area (Å²) in [7, 11) is 0. The van der Waals surface area contributed by atoms with Crippen molar-refractivity contribution in [2.75, 3.05) is 39.3 Å². The van der Waals surface area contributed by atoms with E-state index in [9.17, 15) is 19.2 Å². The van der Waals surface area contributed by atoms with Gasteiger partial charge in [0, 0.05) is 50.4 Å². The molecular weight excluding hydrogens is 312 g/mol. The first-order valence-electron chi connectivity index (χ1n) is 7.69. The minimum Gasteiger partial charge on any atom is -0.351 e. The highest BCUT2D eigenvalue weighted by molar-refractivity contribution is 6.35. The third-order valence-electron chi connectivity index (χ3n) is 3.51. The summed E-state index contributed by atoms with van der Waals surface area (Å²) in [6.45, 7) is 12.1. The average molecular weight is 336 g/mol. The Labute approximate surface area is 141 Å². The zero-order chi connectivity index (χ0) is 18.3. The lowest BCUT2D eigenvalue weighted by molar-refractivity contribution is -0.155. The minimum atomic E-state index is -0.600. The van der Waals surface area contributed by atoms with Crippen molar-refractivity contribution < 1.29 is 19.2 Å². The molecule has 2 N–H and O–H groups in total. The molecule has 0 aliphatic carbocycles. The lowest BCUT2D eigenvalue weighted by Gasteiger charge is -2.33. The Morgan fingerprint density at radius 1 is 0.875 bits per heavy atom. The summed E-state index contributed by atoms with van der Waals surface area (Å²) < 4.78 is 0. The van der Waals surface area contributed by atoms with Crippen LogP contribution >= 0.6 is 0 Å². The Hall–Kier alpha value is -2.64. The van der Waals surface area contributed by atoms with Gasteiger partial charge in [0.2, 0.25) is 11.8 Å². The molecule has 0 spiro atoms. The first-order chi connectivity index (χ1) is 11.2. The maximum Gasteiger partial charge on any atom is 0.312 e. The van der Waals surface area contributed by atoms with Crippen molar-refractivity contribution >= 4 is 23.6 Å². The number of carbonyl (C=O) groups excluding carboxylic acids is 4. The molecule has 0 aromatic carbocycles. The van der Waals surface area contributed by atoms with Crippen LogP contribution in [0.2, 0.25) is 0 Å². The maximum atomic E-state index is 12.1. The fraction of sp³-hybridized carbons (Fsp3) is 0.500. The number of hydrogen-bond donors (Lipinski definition) is 2. The summed E-state index contributed by atoms with van der Waals surface area (Å²) >= 11 is 0. The van der Waals surface area contributed by atoms with Crippen LogP contribution in [0.1, 0.15) is 13.8 Å². The van der Waals surface area contributed by atoms with Crippen LogP contribution < -0.4 is 10.6 Å². The Morgan fingerprint density at radius 3 is 1.50 bits per heavy atom. The van der Waals surface area contributed by atoms with Gasteiger partial charge in [-0.1, -0.05) is 13.2 Å². The predicted octanol–water partition coefficient (Wildman–Crippen LogP) is -0.958. The van der Waals surface area contributed by atoms with Crippen molar-refractivity contribution in [3.8, 4) is 0 Å². The van der Waals surface area contributed by atoms with Crippen molar-refractivity contribution in [3.63, 3.8) is 0 Å². The van der Waals surface area contributed by atoms with E-state index in [0.717, 1.165) is 0 Å². The highest BCUT2D eigenvalue weighted by atomic mass is 16.2. The second-order valence-electron chi connectivity index (χ2n) is 5.66. The molecule has 1 aliphatic heterocycles. The van der Waals surface area contributed by atoms with Gasteiger partial charge in [-0.3, -0.25) is 19.2 Å². The highest BCUT2D eigenvalue weighted by Crippen LogP contribution is 2.04. The SMILES string of the molecule is C=C(C)C(=O)NCCN1CCN(CCNC(=O)C(=C)C)C(=O)C1=O. The largest absolute Gasteiger partial charge is 0.351 e. The molecule has 0 radical (unpaired) electrons.